The van der Waals surface area contributed by atoms with Crippen LogP contribution in [0.4, 0.5) is 0 Å². The molecule has 0 saturated heterocycles. The van der Waals surface area contributed by atoms with Gasteiger partial charge in [-0.3, -0.25) is 0 Å². The van der Waals surface area contributed by atoms with E-state index in [9.17, 15) is 0 Å². The Kier molecular flexibility index (Phi) is 5.67. The minimum absolute atomic E-state index is 0.533. The molecule has 0 amide bonds. The summed E-state index contributed by atoms with van der Waals surface area (Å²) in [6.45, 7) is 12.7. The summed E-state index contributed by atoms with van der Waals surface area (Å²) >= 11 is 0. The van der Waals surface area contributed by atoms with Gasteiger partial charge in [0.05, 0.1) is 0 Å². The van der Waals surface area contributed by atoms with Crippen molar-refractivity contribution in [3.05, 3.63) is 47.0 Å². The molecule has 0 heteroatoms. The van der Waals surface area contributed by atoms with Crippen LogP contribution in [0.5, 0.6) is 0 Å². The molecule has 4 aliphatic rings. The number of aryl methyl sites for hydroxylation is 2. The second-order valence-corrected chi connectivity index (χ2v) is 12.8. The van der Waals surface area contributed by atoms with Crippen molar-refractivity contribution in [2.45, 2.75) is 98.8 Å². The maximum absolute atomic E-state index is 2.75. The van der Waals surface area contributed by atoms with Crippen LogP contribution < -0.4 is 0 Å². The highest BCUT2D eigenvalue weighted by molar-refractivity contribution is 5.26. The Balaban J connectivity index is 1.31. The van der Waals surface area contributed by atoms with Crippen molar-refractivity contribution < 1.29 is 0 Å². The van der Waals surface area contributed by atoms with Crippen LogP contribution in [0.15, 0.2) is 35.9 Å². The number of hydrogen-bond donors (Lipinski definition) is 0. The van der Waals surface area contributed by atoms with Gasteiger partial charge in [0.2, 0.25) is 0 Å². The van der Waals surface area contributed by atoms with Gasteiger partial charge in [-0.1, -0.05) is 63.6 Å². The lowest BCUT2D eigenvalue weighted by atomic mass is 9.46. The van der Waals surface area contributed by atoms with Crippen LogP contribution in [0.2, 0.25) is 0 Å². The Labute approximate surface area is 192 Å². The van der Waals surface area contributed by atoms with Gasteiger partial charge in [0, 0.05) is 0 Å². The summed E-state index contributed by atoms with van der Waals surface area (Å²) in [7, 11) is 0. The lowest BCUT2D eigenvalue weighted by Crippen LogP contribution is -2.50. The van der Waals surface area contributed by atoms with Gasteiger partial charge >= 0.3 is 0 Å². The monoisotopic (exact) mass is 418 g/mol. The zero-order chi connectivity index (χ0) is 21.8. The van der Waals surface area contributed by atoms with Crippen LogP contribution in [0.3, 0.4) is 0 Å². The van der Waals surface area contributed by atoms with Crippen molar-refractivity contribution in [2.75, 3.05) is 0 Å². The maximum Gasteiger partial charge on any atom is -0.00851 e. The van der Waals surface area contributed by atoms with E-state index in [0.29, 0.717) is 10.8 Å². The minimum atomic E-state index is 0.533. The molecule has 1 aromatic carbocycles. The third kappa shape index (κ3) is 3.55. The van der Waals surface area contributed by atoms with Crippen LogP contribution in [0.1, 0.15) is 96.6 Å². The van der Waals surface area contributed by atoms with E-state index in [1.54, 1.807) is 5.56 Å². The summed E-state index contributed by atoms with van der Waals surface area (Å²) in [5.74, 6) is 5.62. The highest BCUT2D eigenvalue weighted by Gasteiger charge is 2.58. The molecule has 0 nitrogen and oxygen atoms in total. The molecule has 0 aliphatic heterocycles. The van der Waals surface area contributed by atoms with Crippen LogP contribution in [0, 0.1) is 53.3 Å². The number of allylic oxidation sites excluding steroid dienone is 2. The van der Waals surface area contributed by atoms with Gasteiger partial charge in [0.15, 0.2) is 0 Å². The Morgan fingerprint density at radius 2 is 1.81 bits per heavy atom. The molecule has 0 aromatic heterocycles. The molecule has 0 radical (unpaired) electrons. The molecule has 5 rings (SSSR count). The summed E-state index contributed by atoms with van der Waals surface area (Å²) in [4.78, 5) is 0. The number of rotatable bonds is 4. The van der Waals surface area contributed by atoms with E-state index < -0.39 is 0 Å². The minimum Gasteiger partial charge on any atom is -0.0845 e. The van der Waals surface area contributed by atoms with Crippen molar-refractivity contribution in [3.63, 3.8) is 0 Å². The van der Waals surface area contributed by atoms with Crippen LogP contribution >= 0.6 is 0 Å². The fourth-order valence-electron chi connectivity index (χ4n) is 9.29. The number of fused-ring (bicyclic) bond motifs is 5. The third-order valence-electron chi connectivity index (χ3n) is 11.2. The molecule has 0 unspecified atom stereocenters. The first kappa shape index (κ1) is 21.8. The number of benzene rings is 1. The van der Waals surface area contributed by atoms with E-state index in [1.165, 1.54) is 69.8 Å². The third-order valence-corrected chi connectivity index (χ3v) is 11.2. The van der Waals surface area contributed by atoms with Crippen molar-refractivity contribution in [2.24, 2.45) is 46.3 Å². The Morgan fingerprint density at radius 3 is 2.61 bits per heavy atom. The Morgan fingerprint density at radius 1 is 1.00 bits per heavy atom. The fourth-order valence-corrected chi connectivity index (χ4v) is 9.29. The zero-order valence-corrected chi connectivity index (χ0v) is 20.9. The fraction of sp³-hybridized carbons (Fsp3) is 0.742. The van der Waals surface area contributed by atoms with E-state index in [0.717, 1.165) is 35.5 Å². The molecule has 1 aromatic rings. The summed E-state index contributed by atoms with van der Waals surface area (Å²) in [5.41, 5.74) is 6.03. The number of hydrogen-bond acceptors (Lipinski definition) is 0. The highest BCUT2D eigenvalue weighted by Crippen LogP contribution is 2.67. The molecular formula is C31H46. The van der Waals surface area contributed by atoms with Gasteiger partial charge in [0.25, 0.3) is 0 Å². The largest absolute Gasteiger partial charge is 0.0845 e. The average molecular weight is 419 g/mol. The van der Waals surface area contributed by atoms with Crippen LogP contribution in [-0.2, 0) is 6.42 Å². The van der Waals surface area contributed by atoms with Crippen molar-refractivity contribution in [3.8, 4) is 0 Å². The molecule has 3 fully saturated rings. The second-order valence-electron chi connectivity index (χ2n) is 12.8. The van der Waals surface area contributed by atoms with Crippen molar-refractivity contribution in [1.29, 1.82) is 0 Å². The van der Waals surface area contributed by atoms with Crippen molar-refractivity contribution in [1.82, 2.24) is 0 Å². The predicted octanol–water partition coefficient (Wildman–Crippen LogP) is 8.78. The van der Waals surface area contributed by atoms with Gasteiger partial charge in [-0.15, -0.1) is 0 Å². The van der Waals surface area contributed by atoms with Crippen LogP contribution in [-0.4, -0.2) is 0 Å². The predicted molar refractivity (Wildman–Crippen MR) is 133 cm³/mol. The van der Waals surface area contributed by atoms with E-state index in [4.69, 9.17) is 0 Å². The first-order valence-electron chi connectivity index (χ1n) is 13.6. The van der Waals surface area contributed by atoms with E-state index >= 15 is 0 Å². The molecule has 0 spiro atoms. The molecule has 0 bridgehead atoms. The molecule has 4 aliphatic carbocycles. The van der Waals surface area contributed by atoms with E-state index in [2.05, 4.69) is 65.0 Å². The van der Waals surface area contributed by atoms with Crippen molar-refractivity contribution >= 4 is 0 Å². The normalized spacial score (nSPS) is 42.9. The molecule has 8 atom stereocenters. The average Bonchev–Trinajstić information content (AvgIpc) is 3.11. The van der Waals surface area contributed by atoms with E-state index in [-0.39, 0.29) is 0 Å². The molecule has 170 valence electrons. The molecular weight excluding hydrogens is 372 g/mol. The van der Waals surface area contributed by atoms with Gasteiger partial charge in [-0.25, -0.2) is 0 Å². The quantitative estimate of drug-likeness (QED) is 0.429. The second kappa shape index (κ2) is 8.07. The SMILES string of the molecule is Cc1ccccc1CC[C@@H](C)[C@H]1CC[C@H]2[C@@H]3CC=C4C[C@@H](C)CC[C@]4(C)[C@H]3CC[C@]12C. The summed E-state index contributed by atoms with van der Waals surface area (Å²) in [6, 6.07) is 9.04. The van der Waals surface area contributed by atoms with Gasteiger partial charge in [-0.2, -0.15) is 0 Å². The van der Waals surface area contributed by atoms with Crippen LogP contribution in [0.25, 0.3) is 0 Å². The zero-order valence-electron chi connectivity index (χ0n) is 20.9. The smallest absolute Gasteiger partial charge is 0.00851 e. The van der Waals surface area contributed by atoms with Gasteiger partial charge in [-0.05, 0) is 129 Å². The molecule has 0 heterocycles. The molecule has 31 heavy (non-hydrogen) atoms. The topological polar surface area (TPSA) is 0 Å². The summed E-state index contributed by atoms with van der Waals surface area (Å²) < 4.78 is 0. The maximum atomic E-state index is 2.75. The lowest BCUT2D eigenvalue weighted by Gasteiger charge is -2.58. The van der Waals surface area contributed by atoms with Gasteiger partial charge < -0.3 is 0 Å². The molecule has 3 saturated carbocycles. The molecule has 0 N–H and O–H groups in total. The summed E-state index contributed by atoms with van der Waals surface area (Å²) in [6.07, 6.45) is 17.1. The first-order chi connectivity index (χ1) is 14.8. The Bertz CT molecular complexity index is 832. The highest BCUT2D eigenvalue weighted by atomic mass is 14.6. The van der Waals surface area contributed by atoms with E-state index in [1.807, 2.05) is 5.57 Å². The lowest BCUT2D eigenvalue weighted by molar-refractivity contribution is -0.0521. The van der Waals surface area contributed by atoms with Gasteiger partial charge in [0.1, 0.15) is 0 Å². The Hall–Kier alpha value is -1.04. The summed E-state index contributed by atoms with van der Waals surface area (Å²) in [5, 5.41) is 0. The standard InChI is InChI=1S/C31H46/c1-21-16-18-30(4)25(20-21)12-13-26-28-15-14-27(31(28,5)19-17-29(26)30)23(3)10-11-24-9-7-6-8-22(24)2/h6-9,12,21,23,26-29H,10-11,13-20H2,1-5H3/t21-,23+,26-,27+,28-,29-,30-,31+/m0/s1. The first-order valence-corrected chi connectivity index (χ1v) is 13.6.